The average molecular weight is 430 g/mol. The molecule has 0 unspecified atom stereocenters. The van der Waals surface area contributed by atoms with Gasteiger partial charge in [0.15, 0.2) is 0 Å². The molecule has 4 N–H and O–H groups in total. The minimum Gasteiger partial charge on any atom is -0.394 e. The van der Waals surface area contributed by atoms with Crippen molar-refractivity contribution < 1.29 is 9.32 Å². The van der Waals surface area contributed by atoms with Crippen molar-refractivity contribution in [2.45, 2.75) is 36.0 Å². The van der Waals surface area contributed by atoms with Gasteiger partial charge in [-0.1, -0.05) is 6.07 Å². The summed E-state index contributed by atoms with van der Waals surface area (Å²) < 4.78 is 20.7. The summed E-state index contributed by atoms with van der Waals surface area (Å²) in [6.45, 7) is 1.87. The highest BCUT2D eigenvalue weighted by Crippen LogP contribution is 2.35. The number of rotatable bonds is 8. The molecule has 2 aromatic heterocycles. The van der Waals surface area contributed by atoms with E-state index >= 15 is 0 Å². The van der Waals surface area contributed by atoms with E-state index in [0.29, 0.717) is 16.7 Å². The molecule has 4 rings (SSSR count). The highest BCUT2D eigenvalue weighted by molar-refractivity contribution is 7.93. The van der Waals surface area contributed by atoms with Crippen LogP contribution in [0.3, 0.4) is 0 Å². The number of benzene rings is 1. The summed E-state index contributed by atoms with van der Waals surface area (Å²) >= 11 is 1.60. The van der Waals surface area contributed by atoms with Gasteiger partial charge in [-0.2, -0.15) is 4.98 Å². The predicted octanol–water partition coefficient (Wildman–Crippen LogP) is 4.31. The van der Waals surface area contributed by atoms with Gasteiger partial charge in [-0.3, -0.25) is 0 Å². The molecule has 0 radical (unpaired) electrons. The van der Waals surface area contributed by atoms with Crippen LogP contribution in [-0.4, -0.2) is 37.2 Å². The van der Waals surface area contributed by atoms with E-state index in [4.69, 9.17) is 4.78 Å². The van der Waals surface area contributed by atoms with Crippen LogP contribution in [0.25, 0.3) is 10.4 Å². The Morgan fingerprint density at radius 2 is 2.07 bits per heavy atom. The second-order valence-electron chi connectivity index (χ2n) is 7.11. The van der Waals surface area contributed by atoms with Crippen LogP contribution in [0.15, 0.2) is 52.9 Å². The monoisotopic (exact) mass is 429 g/mol. The highest BCUT2D eigenvalue weighted by atomic mass is 32.2. The van der Waals surface area contributed by atoms with Crippen LogP contribution in [0, 0.1) is 4.78 Å². The number of aliphatic hydroxyl groups is 1. The molecule has 3 aromatic rings. The van der Waals surface area contributed by atoms with E-state index in [-0.39, 0.29) is 17.9 Å². The average Bonchev–Trinajstić information content (AvgIpc) is 3.45. The fraction of sp³-hybridized carbons (Fsp3) is 0.300. The van der Waals surface area contributed by atoms with Gasteiger partial charge in [0.1, 0.15) is 5.82 Å². The number of nitrogens with one attached hydrogen (secondary N) is 3. The van der Waals surface area contributed by atoms with E-state index in [0.717, 1.165) is 29.0 Å². The number of hydrogen-bond donors (Lipinski definition) is 4. The van der Waals surface area contributed by atoms with E-state index in [2.05, 4.69) is 20.6 Å². The van der Waals surface area contributed by atoms with Gasteiger partial charge in [-0.25, -0.2) is 14.0 Å². The van der Waals surface area contributed by atoms with Crippen LogP contribution in [0.5, 0.6) is 0 Å². The summed E-state index contributed by atoms with van der Waals surface area (Å²) in [6, 6.07) is 10.9. The molecule has 0 bridgehead atoms. The van der Waals surface area contributed by atoms with Gasteiger partial charge >= 0.3 is 0 Å². The smallest absolute Gasteiger partial charge is 0.229 e. The lowest BCUT2D eigenvalue weighted by Gasteiger charge is -2.16. The number of aromatic nitrogens is 2. The Hall–Kier alpha value is -2.49. The summed E-state index contributed by atoms with van der Waals surface area (Å²) in [5.74, 6) is 1.06. The van der Waals surface area contributed by atoms with Crippen molar-refractivity contribution in [2.75, 3.05) is 17.2 Å². The lowest BCUT2D eigenvalue weighted by Crippen LogP contribution is -2.21. The van der Waals surface area contributed by atoms with Crippen LogP contribution in [0.1, 0.15) is 19.8 Å². The minimum atomic E-state index is -2.70. The summed E-state index contributed by atoms with van der Waals surface area (Å²) in [6.07, 6.45) is 3.50. The molecule has 1 saturated carbocycles. The molecular weight excluding hydrogens is 406 g/mol. The number of hydrogen-bond acceptors (Lipinski definition) is 8. The lowest BCUT2D eigenvalue weighted by atomic mass is 10.2. The predicted molar refractivity (Wildman–Crippen MR) is 117 cm³/mol. The summed E-state index contributed by atoms with van der Waals surface area (Å²) in [5, 5.41) is 17.8. The van der Waals surface area contributed by atoms with Crippen molar-refractivity contribution in [2.24, 2.45) is 0 Å². The van der Waals surface area contributed by atoms with Crippen molar-refractivity contribution in [1.29, 1.82) is 4.78 Å². The molecular formula is C20H23N5O2S2. The van der Waals surface area contributed by atoms with Gasteiger partial charge in [0.25, 0.3) is 0 Å². The Balaban J connectivity index is 1.57. The molecule has 152 valence electrons. The zero-order chi connectivity index (χ0) is 20.4. The largest absolute Gasteiger partial charge is 0.394 e. The van der Waals surface area contributed by atoms with Gasteiger partial charge in [0.2, 0.25) is 5.95 Å². The summed E-state index contributed by atoms with van der Waals surface area (Å²) in [5.41, 5.74) is 1.63. The van der Waals surface area contributed by atoms with Crippen LogP contribution in [-0.2, 0) is 9.73 Å². The Kier molecular flexibility index (Phi) is 5.53. The van der Waals surface area contributed by atoms with E-state index in [1.165, 1.54) is 0 Å². The molecule has 0 aliphatic heterocycles. The fourth-order valence-electron chi connectivity index (χ4n) is 2.91. The maximum absolute atomic E-state index is 12.5. The first kappa shape index (κ1) is 19.8. The Morgan fingerprint density at radius 1 is 1.31 bits per heavy atom. The van der Waals surface area contributed by atoms with Crippen molar-refractivity contribution >= 4 is 38.5 Å². The first-order valence-electron chi connectivity index (χ1n) is 9.40. The SMILES string of the molecule is C[C@H](CO)Nc1nc(Nc2ccc([S@@](=N)(=O)C3CC3)cc2)ncc1-c1cccs1. The maximum Gasteiger partial charge on any atom is 0.229 e. The first-order valence-corrected chi connectivity index (χ1v) is 11.9. The zero-order valence-electron chi connectivity index (χ0n) is 16.0. The molecule has 1 aromatic carbocycles. The maximum atomic E-state index is 12.5. The molecule has 0 amide bonds. The van der Waals surface area contributed by atoms with Crippen LogP contribution >= 0.6 is 11.3 Å². The molecule has 7 nitrogen and oxygen atoms in total. The molecule has 1 aliphatic carbocycles. The van der Waals surface area contributed by atoms with Crippen molar-refractivity contribution in [3.63, 3.8) is 0 Å². The molecule has 9 heteroatoms. The molecule has 0 spiro atoms. The van der Waals surface area contributed by atoms with Gasteiger partial charge in [-0.05, 0) is 55.5 Å². The third-order valence-electron chi connectivity index (χ3n) is 4.69. The lowest BCUT2D eigenvalue weighted by molar-refractivity contribution is 0.281. The third-order valence-corrected chi connectivity index (χ3v) is 7.97. The highest BCUT2D eigenvalue weighted by Gasteiger charge is 2.33. The van der Waals surface area contributed by atoms with Gasteiger partial charge < -0.3 is 15.7 Å². The Bertz CT molecular complexity index is 1080. The van der Waals surface area contributed by atoms with Crippen LogP contribution in [0.2, 0.25) is 0 Å². The number of nitrogens with zero attached hydrogens (tertiary/aromatic N) is 2. The van der Waals surface area contributed by atoms with Crippen molar-refractivity contribution in [3.8, 4) is 10.4 Å². The number of thiophene rings is 1. The molecule has 1 fully saturated rings. The Morgan fingerprint density at radius 3 is 2.69 bits per heavy atom. The molecule has 1 aliphatic rings. The van der Waals surface area contributed by atoms with E-state index in [1.807, 2.05) is 24.4 Å². The topological polar surface area (TPSA) is 111 Å². The summed E-state index contributed by atoms with van der Waals surface area (Å²) in [4.78, 5) is 10.6. The van der Waals surface area contributed by atoms with Crippen LogP contribution < -0.4 is 10.6 Å². The minimum absolute atomic E-state index is 0.00316. The van der Waals surface area contributed by atoms with Gasteiger partial charge in [-0.15, -0.1) is 11.3 Å². The molecule has 2 heterocycles. The third kappa shape index (κ3) is 4.42. The normalized spacial score (nSPS) is 16.8. The van der Waals surface area contributed by atoms with Gasteiger partial charge in [0, 0.05) is 32.9 Å². The van der Waals surface area contributed by atoms with E-state index in [9.17, 15) is 9.32 Å². The second-order valence-corrected chi connectivity index (χ2v) is 10.4. The van der Waals surface area contributed by atoms with Crippen molar-refractivity contribution in [1.82, 2.24) is 9.97 Å². The number of aliphatic hydroxyl groups excluding tert-OH is 1. The van der Waals surface area contributed by atoms with Crippen LogP contribution in [0.4, 0.5) is 17.5 Å². The standard InChI is InChI=1S/C20H23N5O2S2/c1-13(12-26)23-19-17(18-3-2-10-28-18)11-22-20(25-19)24-14-4-6-15(7-5-14)29(21,27)16-8-9-16/h2-7,10-11,13,16,21,26H,8-9,12H2,1H3,(H2,22,23,24,25)/t13-,29-/m1/s1. The quantitative estimate of drug-likeness (QED) is 0.425. The molecule has 2 atom stereocenters. The van der Waals surface area contributed by atoms with E-state index in [1.54, 1.807) is 41.8 Å². The van der Waals surface area contributed by atoms with E-state index < -0.39 is 9.73 Å². The summed E-state index contributed by atoms with van der Waals surface area (Å²) in [7, 11) is -2.70. The second kappa shape index (κ2) is 8.10. The molecule has 0 saturated heterocycles. The Labute approximate surface area is 174 Å². The van der Waals surface area contributed by atoms with Crippen molar-refractivity contribution in [3.05, 3.63) is 48.0 Å². The zero-order valence-corrected chi connectivity index (χ0v) is 17.6. The van der Waals surface area contributed by atoms with Gasteiger partial charge in [0.05, 0.1) is 21.9 Å². The number of anilines is 3. The fourth-order valence-corrected chi connectivity index (χ4v) is 5.37. The molecule has 29 heavy (non-hydrogen) atoms. The first-order chi connectivity index (χ1) is 14.0.